The molecular weight excluding hydrogens is 292 g/mol. The van der Waals surface area contributed by atoms with Gasteiger partial charge in [-0.15, -0.1) is 0 Å². The third-order valence-corrected chi connectivity index (χ3v) is 5.68. The Bertz CT molecular complexity index is 613. The van der Waals surface area contributed by atoms with Crippen LogP contribution >= 0.6 is 11.8 Å². The monoisotopic (exact) mass is 316 g/mol. The van der Waals surface area contributed by atoms with Gasteiger partial charge >= 0.3 is 0 Å². The first-order valence-electron chi connectivity index (χ1n) is 7.39. The quantitative estimate of drug-likeness (QED) is 0.817. The van der Waals surface area contributed by atoms with Gasteiger partial charge in [-0.1, -0.05) is 37.7 Å². The SMILES string of the molecule is COC(C)(C)C(C)(C)c1ccc(Sc2ccc(O)cc2)cc1. The van der Waals surface area contributed by atoms with Gasteiger partial charge in [0.05, 0.1) is 5.60 Å². The van der Waals surface area contributed by atoms with Gasteiger partial charge in [0, 0.05) is 22.3 Å². The standard InChI is InChI=1S/C19H24O2S/c1-18(2,19(3,4)21-5)14-6-10-16(11-7-14)22-17-12-8-15(20)9-13-17/h6-13,20H,1-5H3. The predicted octanol–water partition coefficient (Wildman–Crippen LogP) is 5.25. The maximum Gasteiger partial charge on any atom is 0.115 e. The van der Waals surface area contributed by atoms with Crippen molar-refractivity contribution < 1.29 is 9.84 Å². The number of ether oxygens (including phenoxy) is 1. The van der Waals surface area contributed by atoms with Gasteiger partial charge in [-0.25, -0.2) is 0 Å². The van der Waals surface area contributed by atoms with E-state index >= 15 is 0 Å². The van der Waals surface area contributed by atoms with Gasteiger partial charge in [-0.05, 0) is 55.8 Å². The smallest absolute Gasteiger partial charge is 0.115 e. The van der Waals surface area contributed by atoms with Gasteiger partial charge < -0.3 is 9.84 Å². The van der Waals surface area contributed by atoms with Crippen LogP contribution in [0.3, 0.4) is 0 Å². The van der Waals surface area contributed by atoms with Crippen LogP contribution in [0, 0.1) is 0 Å². The highest BCUT2D eigenvalue weighted by Crippen LogP contribution is 2.38. The highest BCUT2D eigenvalue weighted by molar-refractivity contribution is 7.99. The Morgan fingerprint density at radius 2 is 1.27 bits per heavy atom. The lowest BCUT2D eigenvalue weighted by Crippen LogP contribution is -2.44. The molecule has 2 nitrogen and oxygen atoms in total. The molecule has 1 N–H and O–H groups in total. The number of benzene rings is 2. The minimum absolute atomic E-state index is 0.0799. The van der Waals surface area contributed by atoms with Crippen molar-refractivity contribution in [3.05, 3.63) is 54.1 Å². The summed E-state index contributed by atoms with van der Waals surface area (Å²) in [6.07, 6.45) is 0. The summed E-state index contributed by atoms with van der Waals surface area (Å²) in [5.74, 6) is 0.295. The molecular formula is C19H24O2S. The molecule has 0 atom stereocenters. The van der Waals surface area contributed by atoms with Crippen molar-refractivity contribution in [1.82, 2.24) is 0 Å². The summed E-state index contributed by atoms with van der Waals surface area (Å²) in [7, 11) is 1.76. The Labute approximate surface area is 137 Å². The number of phenolic OH excluding ortho intramolecular Hbond substituents is 1. The molecule has 0 amide bonds. The minimum Gasteiger partial charge on any atom is -0.508 e. The molecule has 0 radical (unpaired) electrons. The number of rotatable bonds is 5. The maximum atomic E-state index is 9.33. The molecule has 2 aromatic rings. The summed E-state index contributed by atoms with van der Waals surface area (Å²) in [6, 6.07) is 15.9. The second kappa shape index (κ2) is 6.35. The highest BCUT2D eigenvalue weighted by Gasteiger charge is 2.38. The second-order valence-corrected chi connectivity index (χ2v) is 7.61. The molecule has 0 unspecified atom stereocenters. The molecule has 0 aliphatic rings. The molecule has 0 fully saturated rings. The molecule has 2 rings (SSSR count). The van der Waals surface area contributed by atoms with E-state index in [1.54, 1.807) is 31.0 Å². The third kappa shape index (κ3) is 3.47. The van der Waals surface area contributed by atoms with E-state index in [4.69, 9.17) is 4.74 Å². The molecule has 0 saturated heterocycles. The number of hydrogen-bond acceptors (Lipinski definition) is 3. The fraction of sp³-hybridized carbons (Fsp3) is 0.368. The number of methoxy groups -OCH3 is 1. The number of phenols is 1. The fourth-order valence-electron chi connectivity index (χ4n) is 2.19. The molecule has 22 heavy (non-hydrogen) atoms. The minimum atomic E-state index is -0.237. The van der Waals surface area contributed by atoms with Crippen molar-refractivity contribution in [1.29, 1.82) is 0 Å². The molecule has 3 heteroatoms. The average Bonchev–Trinajstić information content (AvgIpc) is 2.50. The maximum absolute atomic E-state index is 9.33. The molecule has 0 aliphatic carbocycles. The number of aromatic hydroxyl groups is 1. The zero-order chi connectivity index (χ0) is 16.4. The molecule has 0 saturated carbocycles. The van der Waals surface area contributed by atoms with Crippen LogP contribution in [0.15, 0.2) is 58.3 Å². The molecule has 0 bridgehead atoms. The van der Waals surface area contributed by atoms with Crippen molar-refractivity contribution in [3.63, 3.8) is 0 Å². The van der Waals surface area contributed by atoms with Gasteiger partial charge in [0.2, 0.25) is 0 Å². The Morgan fingerprint density at radius 3 is 1.73 bits per heavy atom. The first-order chi connectivity index (χ1) is 10.3. The van der Waals surface area contributed by atoms with E-state index in [2.05, 4.69) is 52.0 Å². The lowest BCUT2D eigenvalue weighted by atomic mass is 9.72. The topological polar surface area (TPSA) is 29.5 Å². The van der Waals surface area contributed by atoms with Crippen molar-refractivity contribution in [2.45, 2.75) is 48.5 Å². The lowest BCUT2D eigenvalue weighted by Gasteiger charge is -2.41. The first kappa shape index (κ1) is 16.9. The van der Waals surface area contributed by atoms with E-state index in [1.807, 2.05) is 12.1 Å². The zero-order valence-electron chi connectivity index (χ0n) is 13.9. The molecule has 0 aromatic heterocycles. The van der Waals surface area contributed by atoms with Crippen LogP contribution < -0.4 is 0 Å². The van der Waals surface area contributed by atoms with Crippen LogP contribution in [-0.4, -0.2) is 17.8 Å². The Kier molecular flexibility index (Phi) is 4.88. The average molecular weight is 316 g/mol. The van der Waals surface area contributed by atoms with Crippen molar-refractivity contribution >= 4 is 11.8 Å². The van der Waals surface area contributed by atoms with Gasteiger partial charge in [-0.2, -0.15) is 0 Å². The van der Waals surface area contributed by atoms with Crippen LogP contribution in [0.4, 0.5) is 0 Å². The van der Waals surface area contributed by atoms with Crippen molar-refractivity contribution in [3.8, 4) is 5.75 Å². The van der Waals surface area contributed by atoms with Gasteiger partial charge in [-0.3, -0.25) is 0 Å². The van der Waals surface area contributed by atoms with Gasteiger partial charge in [0.1, 0.15) is 5.75 Å². The lowest BCUT2D eigenvalue weighted by molar-refractivity contribution is -0.0342. The van der Waals surface area contributed by atoms with Crippen LogP contribution in [0.25, 0.3) is 0 Å². The fourth-order valence-corrected chi connectivity index (χ4v) is 3.01. The Morgan fingerprint density at radius 1 is 0.818 bits per heavy atom. The summed E-state index contributed by atoms with van der Waals surface area (Å²) in [5, 5.41) is 9.33. The second-order valence-electron chi connectivity index (χ2n) is 6.46. The number of hydrogen-bond donors (Lipinski definition) is 1. The Balaban J connectivity index is 2.18. The molecule has 118 valence electrons. The van der Waals surface area contributed by atoms with E-state index in [-0.39, 0.29) is 11.0 Å². The summed E-state index contributed by atoms with van der Waals surface area (Å²) < 4.78 is 5.67. The van der Waals surface area contributed by atoms with Crippen molar-refractivity contribution in [2.75, 3.05) is 7.11 Å². The molecule has 0 heterocycles. The largest absolute Gasteiger partial charge is 0.508 e. The van der Waals surface area contributed by atoms with Crippen LogP contribution in [0.1, 0.15) is 33.3 Å². The van der Waals surface area contributed by atoms with E-state index in [0.29, 0.717) is 5.75 Å². The zero-order valence-corrected chi connectivity index (χ0v) is 14.7. The van der Waals surface area contributed by atoms with E-state index in [1.165, 1.54) is 10.5 Å². The van der Waals surface area contributed by atoms with Crippen molar-refractivity contribution in [2.24, 2.45) is 0 Å². The molecule has 0 spiro atoms. The predicted molar refractivity (Wildman–Crippen MR) is 92.8 cm³/mol. The van der Waals surface area contributed by atoms with Crippen LogP contribution in [-0.2, 0) is 10.2 Å². The van der Waals surface area contributed by atoms with Gasteiger partial charge in [0.25, 0.3) is 0 Å². The summed E-state index contributed by atoms with van der Waals surface area (Å²) in [4.78, 5) is 2.29. The molecule has 0 aliphatic heterocycles. The molecule has 2 aromatic carbocycles. The normalized spacial score (nSPS) is 12.4. The summed E-state index contributed by atoms with van der Waals surface area (Å²) in [6.45, 7) is 8.65. The highest BCUT2D eigenvalue weighted by atomic mass is 32.2. The third-order valence-electron chi connectivity index (χ3n) is 4.66. The van der Waals surface area contributed by atoms with Crippen LogP contribution in [0.2, 0.25) is 0 Å². The Hall–Kier alpha value is -1.45. The van der Waals surface area contributed by atoms with E-state index < -0.39 is 0 Å². The van der Waals surface area contributed by atoms with Gasteiger partial charge in [0.15, 0.2) is 0 Å². The van der Waals surface area contributed by atoms with E-state index in [0.717, 1.165) is 4.90 Å². The van der Waals surface area contributed by atoms with E-state index in [9.17, 15) is 5.11 Å². The summed E-state index contributed by atoms with van der Waals surface area (Å²) >= 11 is 1.69. The summed E-state index contributed by atoms with van der Waals surface area (Å²) in [5.41, 5.74) is 0.941. The first-order valence-corrected chi connectivity index (χ1v) is 8.20. The van der Waals surface area contributed by atoms with Crippen LogP contribution in [0.5, 0.6) is 5.75 Å².